The van der Waals surface area contributed by atoms with Crippen LogP contribution < -0.4 is 15.1 Å². The van der Waals surface area contributed by atoms with Gasteiger partial charge in [-0.15, -0.1) is 18.3 Å². The van der Waals surface area contributed by atoms with Crippen molar-refractivity contribution in [1.82, 2.24) is 20.2 Å². The highest BCUT2D eigenvalue weighted by atomic mass is 32.2. The maximum absolute atomic E-state index is 13.4. The number of carbonyl (C=O) groups excluding carboxylic acids is 2. The van der Waals surface area contributed by atoms with E-state index in [1.54, 1.807) is 24.3 Å². The molecule has 1 N–H and O–H groups in total. The zero-order chi connectivity index (χ0) is 33.9. The van der Waals surface area contributed by atoms with Crippen LogP contribution in [0.15, 0.2) is 93.6 Å². The molecule has 2 heterocycles. The number of rotatable bonds is 7. The van der Waals surface area contributed by atoms with Gasteiger partial charge in [0.05, 0.1) is 22.5 Å². The van der Waals surface area contributed by atoms with Gasteiger partial charge in [0.2, 0.25) is 0 Å². The molecule has 1 aliphatic heterocycles. The third-order valence-corrected chi connectivity index (χ3v) is 8.09. The summed E-state index contributed by atoms with van der Waals surface area (Å²) in [4.78, 5) is 36.7. The van der Waals surface area contributed by atoms with Gasteiger partial charge in [0.25, 0.3) is 5.91 Å². The summed E-state index contributed by atoms with van der Waals surface area (Å²) in [6.45, 7) is 9.72. The fourth-order valence-corrected chi connectivity index (χ4v) is 5.58. The summed E-state index contributed by atoms with van der Waals surface area (Å²) >= 11 is 1.15. The number of aliphatic imine (C=N–C) groups is 1. The van der Waals surface area contributed by atoms with Crippen LogP contribution in [0.25, 0.3) is 17.1 Å². The van der Waals surface area contributed by atoms with Crippen molar-refractivity contribution in [2.45, 2.75) is 46.9 Å². The number of aryl methyl sites for hydroxylation is 1. The van der Waals surface area contributed by atoms with Crippen LogP contribution in [0, 0.1) is 6.92 Å². The Hall–Kier alpha value is -5.24. The molecule has 1 saturated heterocycles. The van der Waals surface area contributed by atoms with Crippen molar-refractivity contribution < 1.29 is 27.5 Å². The lowest BCUT2D eigenvalue weighted by Gasteiger charge is -2.22. The van der Waals surface area contributed by atoms with Gasteiger partial charge >= 0.3 is 12.4 Å². The number of alkyl halides is 3. The van der Waals surface area contributed by atoms with E-state index in [9.17, 15) is 22.8 Å². The minimum Gasteiger partial charge on any atom is -0.406 e. The fourth-order valence-electron chi connectivity index (χ4n) is 4.62. The number of benzene rings is 3. The molecule has 0 radical (unpaired) electrons. The number of halogens is 3. The van der Waals surface area contributed by atoms with Crippen molar-refractivity contribution in [3.63, 3.8) is 0 Å². The van der Waals surface area contributed by atoms with Crippen LogP contribution in [0.3, 0.4) is 0 Å². The van der Waals surface area contributed by atoms with Crippen molar-refractivity contribution >= 4 is 40.8 Å². The lowest BCUT2D eigenvalue weighted by molar-refractivity contribution is -0.274. The van der Waals surface area contributed by atoms with Gasteiger partial charge in [-0.2, -0.15) is 10.1 Å². The lowest BCUT2D eigenvalue weighted by Crippen LogP contribution is -2.31. The Morgan fingerprint density at radius 2 is 1.74 bits per heavy atom. The van der Waals surface area contributed by atoms with Crippen molar-refractivity contribution in [2.75, 3.05) is 4.90 Å². The van der Waals surface area contributed by atoms with Crippen molar-refractivity contribution in [3.8, 4) is 22.8 Å². The van der Waals surface area contributed by atoms with Crippen LogP contribution in [0.4, 0.5) is 23.7 Å². The molecule has 3 amide bonds. The maximum atomic E-state index is 13.4. The zero-order valence-electron chi connectivity index (χ0n) is 26.0. The molecule has 1 fully saturated rings. The number of ether oxygens (including phenoxy) is 1. The van der Waals surface area contributed by atoms with Crippen LogP contribution in [0.1, 0.15) is 50.3 Å². The van der Waals surface area contributed by atoms with E-state index in [0.717, 1.165) is 28.5 Å². The molecular formula is C33H30F3N7O3S. The van der Waals surface area contributed by atoms with E-state index in [0.29, 0.717) is 33.2 Å². The first kappa shape index (κ1) is 33.1. The van der Waals surface area contributed by atoms with Crippen LogP contribution >= 0.6 is 11.8 Å². The number of hydrogen-bond acceptors (Lipinski definition) is 7. The Bertz CT molecular complexity index is 1890. The highest BCUT2D eigenvalue weighted by Crippen LogP contribution is 2.40. The van der Waals surface area contributed by atoms with Crippen LogP contribution in [-0.4, -0.2) is 44.4 Å². The van der Waals surface area contributed by atoms with Gasteiger partial charge in [0.15, 0.2) is 11.0 Å². The molecule has 0 unspecified atom stereocenters. The second-order valence-electron chi connectivity index (χ2n) is 11.0. The second-order valence-corrected chi connectivity index (χ2v) is 12.0. The SMILES string of the molecule is CC(C)=C1S/C(=N\C(=O)N/N=C/c2ccc(-c3ncn(-c4ccc(OC(F)(F)F)cc4)n3)cc2)N(c2cc(C)ccc2C(C)C)C1=O. The largest absolute Gasteiger partial charge is 0.573 e. The quantitative estimate of drug-likeness (QED) is 0.123. The van der Waals surface area contributed by atoms with Gasteiger partial charge in [-0.3, -0.25) is 9.69 Å². The maximum Gasteiger partial charge on any atom is 0.573 e. The van der Waals surface area contributed by atoms with Crippen molar-refractivity contribution in [2.24, 2.45) is 10.1 Å². The highest BCUT2D eigenvalue weighted by Gasteiger charge is 2.37. The molecule has 47 heavy (non-hydrogen) atoms. The number of anilines is 1. The molecule has 0 saturated carbocycles. The Labute approximate surface area is 273 Å². The molecule has 0 aliphatic carbocycles. The number of carbonyl (C=O) groups is 2. The summed E-state index contributed by atoms with van der Waals surface area (Å²) in [5, 5.41) is 8.65. The second kappa shape index (κ2) is 13.6. The van der Waals surface area contributed by atoms with Gasteiger partial charge in [0, 0.05) is 5.56 Å². The molecule has 0 atom stereocenters. The molecule has 14 heteroatoms. The Morgan fingerprint density at radius 1 is 1.04 bits per heavy atom. The van der Waals surface area contributed by atoms with Crippen molar-refractivity contribution in [1.29, 1.82) is 0 Å². The summed E-state index contributed by atoms with van der Waals surface area (Å²) in [6, 6.07) is 17.4. The number of amides is 3. The number of amidine groups is 1. The molecule has 4 aromatic rings. The topological polar surface area (TPSA) is 114 Å². The summed E-state index contributed by atoms with van der Waals surface area (Å²) in [5.41, 5.74) is 7.71. The van der Waals surface area contributed by atoms with E-state index in [-0.39, 0.29) is 22.7 Å². The predicted octanol–water partition coefficient (Wildman–Crippen LogP) is 7.74. The van der Waals surface area contributed by atoms with Gasteiger partial charge in [0.1, 0.15) is 12.1 Å². The van der Waals surface area contributed by atoms with Gasteiger partial charge in [-0.25, -0.2) is 19.9 Å². The standard InChI is InChI=1S/C33H30F3N7O3S/c1-19(2)26-15-6-21(5)16-27(26)43-30(44)28(20(3)4)47-32(43)39-31(45)40-38-17-22-7-9-23(10-8-22)29-37-18-42(41-29)24-11-13-25(14-12-24)46-33(34,35)36/h6-19H,1-5H3,(H,40,45)/b38-17+,39-32-. The molecule has 3 aromatic carbocycles. The van der Waals surface area contributed by atoms with E-state index in [4.69, 9.17) is 0 Å². The first-order valence-corrected chi connectivity index (χ1v) is 15.2. The van der Waals surface area contributed by atoms with E-state index < -0.39 is 12.4 Å². The number of allylic oxidation sites excluding steroid dienone is 1. The Morgan fingerprint density at radius 3 is 2.38 bits per heavy atom. The third kappa shape index (κ3) is 7.95. The first-order chi connectivity index (χ1) is 22.3. The van der Waals surface area contributed by atoms with Crippen molar-refractivity contribution in [3.05, 3.63) is 100 Å². The minimum atomic E-state index is -4.77. The average molecular weight is 662 g/mol. The van der Waals surface area contributed by atoms with E-state index in [1.165, 1.54) is 46.4 Å². The number of hydrazone groups is 1. The highest BCUT2D eigenvalue weighted by molar-refractivity contribution is 8.19. The fraction of sp³-hybridized carbons (Fsp3) is 0.212. The van der Waals surface area contributed by atoms with Gasteiger partial charge in [-0.1, -0.05) is 55.8 Å². The monoisotopic (exact) mass is 661 g/mol. The number of aromatic nitrogens is 3. The molecule has 10 nitrogen and oxygen atoms in total. The summed E-state index contributed by atoms with van der Waals surface area (Å²) in [6.07, 6.45) is -1.88. The molecule has 0 bridgehead atoms. The number of urea groups is 1. The van der Waals surface area contributed by atoms with E-state index in [1.807, 2.05) is 52.8 Å². The molecule has 1 aliphatic rings. The van der Waals surface area contributed by atoms with Gasteiger partial charge < -0.3 is 4.74 Å². The average Bonchev–Trinajstić information content (AvgIpc) is 3.62. The summed E-state index contributed by atoms with van der Waals surface area (Å²) in [5.74, 6) is -0.0340. The first-order valence-electron chi connectivity index (χ1n) is 14.4. The van der Waals surface area contributed by atoms with Crippen LogP contribution in [0.5, 0.6) is 5.75 Å². The zero-order valence-corrected chi connectivity index (χ0v) is 26.8. The van der Waals surface area contributed by atoms with Crippen LogP contribution in [-0.2, 0) is 4.79 Å². The smallest absolute Gasteiger partial charge is 0.406 e. The molecular weight excluding hydrogens is 631 g/mol. The Balaban J connectivity index is 1.26. The molecule has 5 rings (SSSR count). The number of nitrogens with zero attached hydrogens (tertiary/aromatic N) is 6. The minimum absolute atomic E-state index is 0.138. The normalized spacial score (nSPS) is 14.5. The molecule has 242 valence electrons. The third-order valence-electron chi connectivity index (χ3n) is 6.85. The predicted molar refractivity (Wildman–Crippen MR) is 176 cm³/mol. The summed E-state index contributed by atoms with van der Waals surface area (Å²) < 4.78 is 42.6. The van der Waals surface area contributed by atoms with E-state index in [2.05, 4.69) is 30.3 Å². The Kier molecular flexibility index (Phi) is 9.61. The lowest BCUT2D eigenvalue weighted by atomic mass is 9.98. The van der Waals surface area contributed by atoms with E-state index >= 15 is 0 Å². The molecule has 0 spiro atoms. The number of nitrogens with one attached hydrogen (secondary N) is 1. The number of hydrogen-bond donors (Lipinski definition) is 1. The summed E-state index contributed by atoms with van der Waals surface area (Å²) in [7, 11) is 0. The molecule has 1 aromatic heterocycles. The van der Waals surface area contributed by atoms with Crippen LogP contribution in [0.2, 0.25) is 0 Å². The van der Waals surface area contributed by atoms with Gasteiger partial charge in [-0.05, 0) is 85.5 Å². The number of thioether (sulfide) groups is 1.